The molecule has 0 radical (unpaired) electrons. The van der Waals surface area contributed by atoms with E-state index in [1.807, 2.05) is 0 Å². The molecule has 3 fully saturated rings. The molecule has 3 rings (SSSR count). The van der Waals surface area contributed by atoms with Gasteiger partial charge in [0.05, 0.1) is 11.5 Å². The van der Waals surface area contributed by atoms with Crippen LogP contribution in [-0.4, -0.2) is 71.8 Å². The molecule has 1 N–H and O–H groups in total. The molecule has 3 aliphatic rings. The monoisotopic (exact) mass is 476 g/mol. The van der Waals surface area contributed by atoms with Crippen molar-refractivity contribution in [2.45, 2.75) is 89.8 Å². The van der Waals surface area contributed by atoms with Gasteiger partial charge in [-0.2, -0.15) is 0 Å². The molecule has 0 spiro atoms. The molecule has 9 heteroatoms. The summed E-state index contributed by atoms with van der Waals surface area (Å²) in [5.41, 5.74) is 0. The predicted octanol–water partition coefficient (Wildman–Crippen LogP) is 4.63. The molecule has 30 heavy (non-hydrogen) atoms. The highest BCUT2D eigenvalue weighted by Gasteiger charge is 2.45. The summed E-state index contributed by atoms with van der Waals surface area (Å²) in [6.45, 7) is 11.4. The third kappa shape index (κ3) is 5.86. The van der Waals surface area contributed by atoms with Crippen LogP contribution in [0.25, 0.3) is 0 Å². The van der Waals surface area contributed by atoms with Crippen molar-refractivity contribution in [1.82, 2.24) is 14.7 Å². The van der Waals surface area contributed by atoms with Crippen molar-refractivity contribution in [1.29, 1.82) is 0 Å². The highest BCUT2D eigenvalue weighted by molar-refractivity contribution is 7.91. The Bertz CT molecular complexity index is 723. The van der Waals surface area contributed by atoms with Crippen LogP contribution in [0.15, 0.2) is 4.74 Å². The summed E-state index contributed by atoms with van der Waals surface area (Å²) in [5.74, 6) is 0.433. The van der Waals surface area contributed by atoms with E-state index in [0.29, 0.717) is 11.5 Å². The SMILES string of the molecule is CC(C)(C)P(=NC(=S)NC1CCS(=O)(=O)C1)(N1CCCCCC1)N1CCCCCC1. The molecule has 0 amide bonds. The minimum atomic E-state index is -2.94. The first-order valence-electron chi connectivity index (χ1n) is 11.8. The fourth-order valence-corrected chi connectivity index (χ4v) is 12.0. The fourth-order valence-electron chi connectivity index (χ4n) is 5.21. The fraction of sp³-hybridized carbons (Fsp3) is 0.952. The summed E-state index contributed by atoms with van der Waals surface area (Å²) in [6.07, 6.45) is 10.7. The van der Waals surface area contributed by atoms with Crippen molar-refractivity contribution < 1.29 is 8.42 Å². The van der Waals surface area contributed by atoms with Gasteiger partial charge in [0.1, 0.15) is 7.36 Å². The van der Waals surface area contributed by atoms with Crippen LogP contribution in [0.1, 0.15) is 78.6 Å². The van der Waals surface area contributed by atoms with Gasteiger partial charge in [0.15, 0.2) is 14.9 Å². The van der Waals surface area contributed by atoms with Crippen molar-refractivity contribution in [3.8, 4) is 0 Å². The molecule has 1 unspecified atom stereocenters. The summed E-state index contributed by atoms with van der Waals surface area (Å²) in [6, 6.07) is -0.0959. The zero-order valence-electron chi connectivity index (χ0n) is 19.1. The predicted molar refractivity (Wildman–Crippen MR) is 132 cm³/mol. The van der Waals surface area contributed by atoms with E-state index in [1.165, 1.54) is 51.4 Å². The first-order chi connectivity index (χ1) is 14.1. The average Bonchev–Trinajstić information content (AvgIpc) is 2.92. The minimum absolute atomic E-state index is 0.0187. The lowest BCUT2D eigenvalue weighted by atomic mass is 10.2. The molecule has 1 atom stereocenters. The third-order valence-electron chi connectivity index (χ3n) is 6.64. The molecule has 3 saturated heterocycles. The average molecular weight is 477 g/mol. The maximum absolute atomic E-state index is 11.9. The van der Waals surface area contributed by atoms with Gasteiger partial charge in [-0.15, -0.1) is 0 Å². The molecule has 0 saturated carbocycles. The highest BCUT2D eigenvalue weighted by atomic mass is 32.2. The molecule has 3 heterocycles. The van der Waals surface area contributed by atoms with Crippen molar-refractivity contribution in [2.75, 3.05) is 37.7 Å². The molecule has 0 aromatic heterocycles. The third-order valence-corrected chi connectivity index (χ3v) is 13.4. The van der Waals surface area contributed by atoms with Gasteiger partial charge in [0.25, 0.3) is 0 Å². The molecule has 0 aromatic carbocycles. The highest BCUT2D eigenvalue weighted by Crippen LogP contribution is 2.66. The summed E-state index contributed by atoms with van der Waals surface area (Å²) in [7, 11) is -5.03. The van der Waals surface area contributed by atoms with Crippen LogP contribution in [0.3, 0.4) is 0 Å². The Labute approximate surface area is 189 Å². The molecule has 6 nitrogen and oxygen atoms in total. The Morgan fingerprint density at radius 3 is 1.77 bits per heavy atom. The van der Waals surface area contributed by atoms with Crippen LogP contribution in [0.5, 0.6) is 0 Å². The van der Waals surface area contributed by atoms with E-state index >= 15 is 0 Å². The first-order valence-corrected chi connectivity index (χ1v) is 15.7. The first kappa shape index (κ1) is 24.6. The molecule has 0 bridgehead atoms. The largest absolute Gasteiger partial charge is 0.357 e. The van der Waals surface area contributed by atoms with E-state index < -0.39 is 17.2 Å². The standard InChI is InChI=1S/C21H41N4O2PS2/c1-21(2,3)28(24-13-8-4-5-9-14-24,25-15-10-6-7-11-16-25)23-20(29)22-19-12-17-30(26,27)18-19/h19H,4-18H2,1-3H3,(H,22,29). The van der Waals surface area contributed by atoms with E-state index in [1.54, 1.807) is 0 Å². The zero-order chi connectivity index (χ0) is 21.8. The topological polar surface area (TPSA) is 65.0 Å². The summed E-state index contributed by atoms with van der Waals surface area (Å²) in [4.78, 5) is 0. The molecular weight excluding hydrogens is 435 g/mol. The van der Waals surface area contributed by atoms with Crippen LogP contribution in [0.4, 0.5) is 0 Å². The Hall–Kier alpha value is -0.0100. The number of hydrogen-bond donors (Lipinski definition) is 1. The number of nitrogens with one attached hydrogen (secondary N) is 1. The number of sulfone groups is 1. The maximum Gasteiger partial charge on any atom is 0.194 e. The molecule has 3 aliphatic heterocycles. The van der Waals surface area contributed by atoms with E-state index in [2.05, 4.69) is 35.4 Å². The molecular formula is C21H41N4O2PS2. The maximum atomic E-state index is 11.9. The van der Waals surface area contributed by atoms with E-state index in [9.17, 15) is 8.42 Å². The smallest absolute Gasteiger partial charge is 0.194 e. The van der Waals surface area contributed by atoms with Gasteiger partial charge >= 0.3 is 0 Å². The van der Waals surface area contributed by atoms with Gasteiger partial charge in [-0.25, -0.2) is 13.2 Å². The van der Waals surface area contributed by atoms with Crippen molar-refractivity contribution >= 4 is 34.5 Å². The number of nitrogens with zero attached hydrogens (tertiary/aromatic N) is 3. The van der Waals surface area contributed by atoms with Crippen LogP contribution in [-0.2, 0) is 9.84 Å². The van der Waals surface area contributed by atoms with Gasteiger partial charge in [-0.05, 0) is 44.3 Å². The van der Waals surface area contributed by atoms with Gasteiger partial charge < -0.3 is 5.32 Å². The van der Waals surface area contributed by atoms with E-state index in [0.717, 1.165) is 26.2 Å². The second-order valence-corrected chi connectivity index (χ2v) is 16.5. The van der Waals surface area contributed by atoms with Crippen LogP contribution in [0.2, 0.25) is 0 Å². The van der Waals surface area contributed by atoms with E-state index in [-0.39, 0.29) is 22.7 Å². The van der Waals surface area contributed by atoms with Gasteiger partial charge in [0, 0.05) is 37.4 Å². The van der Waals surface area contributed by atoms with Gasteiger partial charge in [-0.1, -0.05) is 46.5 Å². The Kier molecular flexibility index (Phi) is 8.44. The Morgan fingerprint density at radius 2 is 1.40 bits per heavy atom. The van der Waals surface area contributed by atoms with Gasteiger partial charge in [-0.3, -0.25) is 9.34 Å². The number of rotatable bonds is 3. The summed E-state index contributed by atoms with van der Waals surface area (Å²) < 4.78 is 34.6. The van der Waals surface area contributed by atoms with Gasteiger partial charge in [0.2, 0.25) is 0 Å². The van der Waals surface area contributed by atoms with Crippen molar-refractivity contribution in [3.63, 3.8) is 0 Å². The lowest BCUT2D eigenvalue weighted by Crippen LogP contribution is -2.43. The van der Waals surface area contributed by atoms with Crippen LogP contribution in [0, 0.1) is 0 Å². The van der Waals surface area contributed by atoms with Crippen LogP contribution >= 0.6 is 19.6 Å². The van der Waals surface area contributed by atoms with Crippen molar-refractivity contribution in [3.05, 3.63) is 0 Å². The summed E-state index contributed by atoms with van der Waals surface area (Å²) in [5, 5.41) is 3.83. The minimum Gasteiger partial charge on any atom is -0.357 e. The lowest BCUT2D eigenvalue weighted by molar-refractivity contribution is 0.368. The molecule has 0 aromatic rings. The van der Waals surface area contributed by atoms with Crippen molar-refractivity contribution in [2.24, 2.45) is 4.74 Å². The zero-order valence-corrected chi connectivity index (χ0v) is 21.6. The lowest BCUT2D eigenvalue weighted by Gasteiger charge is -2.51. The van der Waals surface area contributed by atoms with Crippen LogP contribution < -0.4 is 5.32 Å². The number of thiocarbonyl (C=S) groups is 1. The second kappa shape index (κ2) is 10.3. The second-order valence-electron chi connectivity index (χ2n) is 10.1. The van der Waals surface area contributed by atoms with E-state index in [4.69, 9.17) is 17.0 Å². The molecule has 0 aliphatic carbocycles. The normalized spacial score (nSPS) is 27.2. The Balaban J connectivity index is 1.99. The molecule has 174 valence electrons. The quantitative estimate of drug-likeness (QED) is 0.473. The summed E-state index contributed by atoms with van der Waals surface area (Å²) >= 11 is 5.79. The Morgan fingerprint density at radius 1 is 0.933 bits per heavy atom. The number of hydrogen-bond acceptors (Lipinski definition) is 3.